The number of carbonyl (C=O) groups excluding carboxylic acids is 1. The highest BCUT2D eigenvalue weighted by Gasteiger charge is 2.37. The molecule has 0 aliphatic carbocycles. The molecule has 1 amide bonds. The van der Waals surface area contributed by atoms with Gasteiger partial charge in [0.1, 0.15) is 5.82 Å². The number of aryl methyl sites for hydroxylation is 1. The smallest absolute Gasteiger partial charge is 0.390 e. The summed E-state index contributed by atoms with van der Waals surface area (Å²) in [6, 6.07) is 1.76. The fourth-order valence-corrected chi connectivity index (χ4v) is 4.57. The summed E-state index contributed by atoms with van der Waals surface area (Å²) >= 11 is 0. The van der Waals surface area contributed by atoms with Gasteiger partial charge in [-0.15, -0.1) is 0 Å². The Morgan fingerprint density at radius 2 is 1.97 bits per heavy atom. The number of aromatic nitrogens is 3. The topological polar surface area (TPSA) is 111 Å². The molecule has 0 spiro atoms. The van der Waals surface area contributed by atoms with Crippen LogP contribution in [0.2, 0.25) is 0 Å². The van der Waals surface area contributed by atoms with Crippen molar-refractivity contribution in [1.82, 2.24) is 19.9 Å². The molecule has 12 heteroatoms. The third-order valence-electron chi connectivity index (χ3n) is 6.68. The molecule has 2 atom stereocenters. The molecule has 2 unspecified atom stereocenters. The molecule has 1 aliphatic rings. The van der Waals surface area contributed by atoms with Crippen LogP contribution >= 0.6 is 0 Å². The Bertz CT molecular complexity index is 1410. The van der Waals surface area contributed by atoms with Crippen molar-refractivity contribution in [2.24, 2.45) is 5.92 Å². The molecule has 4 rings (SSSR count). The molecule has 1 fully saturated rings. The van der Waals surface area contributed by atoms with Gasteiger partial charge in [0.15, 0.2) is 11.6 Å². The van der Waals surface area contributed by atoms with E-state index in [1.807, 2.05) is 0 Å². The van der Waals surface area contributed by atoms with Crippen LogP contribution in [0, 0.1) is 18.7 Å². The number of benzene rings is 1. The second kappa shape index (κ2) is 9.40. The molecule has 37 heavy (non-hydrogen) atoms. The number of anilines is 1. The summed E-state index contributed by atoms with van der Waals surface area (Å²) in [5.41, 5.74) is -2.97. The summed E-state index contributed by atoms with van der Waals surface area (Å²) in [4.78, 5) is 37.0. The lowest BCUT2D eigenvalue weighted by atomic mass is 9.90. The van der Waals surface area contributed by atoms with Gasteiger partial charge in [-0.1, -0.05) is 0 Å². The maximum Gasteiger partial charge on any atom is 0.416 e. The van der Waals surface area contributed by atoms with Crippen molar-refractivity contribution in [2.45, 2.75) is 51.9 Å². The van der Waals surface area contributed by atoms with Crippen molar-refractivity contribution in [2.75, 3.05) is 18.4 Å². The number of likely N-dealkylation sites (tertiary alicyclic amines) is 1. The van der Waals surface area contributed by atoms with Crippen LogP contribution < -0.4 is 10.9 Å². The third kappa shape index (κ3) is 5.43. The molecule has 0 radical (unpaired) electrons. The van der Waals surface area contributed by atoms with Crippen LogP contribution in [-0.4, -0.2) is 49.6 Å². The first kappa shape index (κ1) is 26.5. The predicted octanol–water partition coefficient (Wildman–Crippen LogP) is 4.19. The molecule has 3 aromatic rings. The number of carbonyl (C=O) groups is 1. The van der Waals surface area contributed by atoms with Crippen molar-refractivity contribution in [3.63, 3.8) is 0 Å². The van der Waals surface area contributed by atoms with E-state index in [1.165, 1.54) is 18.7 Å². The average molecular weight is 522 g/mol. The summed E-state index contributed by atoms with van der Waals surface area (Å²) in [6.07, 6.45) is -3.00. The largest absolute Gasteiger partial charge is 0.416 e. The number of aromatic amines is 1. The Labute approximate surface area is 209 Å². The highest BCUT2D eigenvalue weighted by Crippen LogP contribution is 2.37. The average Bonchev–Trinajstić information content (AvgIpc) is 3.29. The molecule has 3 N–H and O–H groups in total. The summed E-state index contributed by atoms with van der Waals surface area (Å²) in [7, 11) is 0. The minimum absolute atomic E-state index is 0.0123. The maximum absolute atomic E-state index is 14.9. The van der Waals surface area contributed by atoms with Gasteiger partial charge in [-0.2, -0.15) is 13.2 Å². The van der Waals surface area contributed by atoms with Crippen LogP contribution in [0.4, 0.5) is 23.4 Å². The normalized spacial score (nSPS) is 17.3. The summed E-state index contributed by atoms with van der Waals surface area (Å²) in [5, 5.41) is 12.8. The van der Waals surface area contributed by atoms with E-state index in [9.17, 15) is 32.3 Å². The van der Waals surface area contributed by atoms with E-state index < -0.39 is 40.7 Å². The monoisotopic (exact) mass is 521 g/mol. The lowest BCUT2D eigenvalue weighted by Crippen LogP contribution is -2.35. The molecular formula is C25H27F4N5O3. The number of amides is 1. The van der Waals surface area contributed by atoms with Gasteiger partial charge in [0, 0.05) is 25.2 Å². The molecule has 1 aliphatic heterocycles. The van der Waals surface area contributed by atoms with E-state index in [4.69, 9.17) is 0 Å². The van der Waals surface area contributed by atoms with Crippen LogP contribution in [0.3, 0.4) is 0 Å². The van der Waals surface area contributed by atoms with Crippen molar-refractivity contribution in [1.29, 1.82) is 0 Å². The van der Waals surface area contributed by atoms with Gasteiger partial charge in [0.2, 0.25) is 0 Å². The van der Waals surface area contributed by atoms with Crippen LogP contribution in [0.1, 0.15) is 60.5 Å². The summed E-state index contributed by atoms with van der Waals surface area (Å²) in [5.74, 6) is -1.65. The number of fused-ring (bicyclic) bond motifs is 1. The third-order valence-corrected chi connectivity index (χ3v) is 6.68. The second-order valence-corrected chi connectivity index (χ2v) is 9.92. The fourth-order valence-electron chi connectivity index (χ4n) is 4.57. The molecule has 0 bridgehead atoms. The Balaban J connectivity index is 1.60. The molecule has 3 heterocycles. The van der Waals surface area contributed by atoms with Crippen molar-refractivity contribution in [3.8, 4) is 0 Å². The van der Waals surface area contributed by atoms with Crippen LogP contribution in [-0.2, 0) is 6.18 Å². The zero-order chi connectivity index (χ0) is 27.3. The SMILES string of the molecule is Cc1nc2cc(C(F)(F)F)c(C(C)Nc3ncc(C(=O)N4CCC(C(C)(C)O)C4)cc3F)cc2c(=O)[nH]1. The molecule has 8 nitrogen and oxygen atoms in total. The minimum Gasteiger partial charge on any atom is -0.390 e. The van der Waals surface area contributed by atoms with Crippen LogP contribution in [0.5, 0.6) is 0 Å². The number of pyridine rings is 1. The molecule has 1 saturated heterocycles. The molecular weight excluding hydrogens is 494 g/mol. The Kier molecular flexibility index (Phi) is 6.74. The summed E-state index contributed by atoms with van der Waals surface area (Å²) < 4.78 is 56.5. The Morgan fingerprint density at radius 3 is 2.57 bits per heavy atom. The molecule has 198 valence electrons. The van der Waals surface area contributed by atoms with Gasteiger partial charge >= 0.3 is 6.18 Å². The van der Waals surface area contributed by atoms with Crippen molar-refractivity contribution >= 4 is 22.6 Å². The van der Waals surface area contributed by atoms with Gasteiger partial charge < -0.3 is 20.3 Å². The molecule has 1 aromatic carbocycles. The molecule has 0 saturated carbocycles. The first-order valence-electron chi connectivity index (χ1n) is 11.7. The maximum atomic E-state index is 14.9. The number of aliphatic hydroxyl groups is 1. The number of nitrogens with one attached hydrogen (secondary N) is 2. The van der Waals surface area contributed by atoms with Crippen LogP contribution in [0.25, 0.3) is 10.9 Å². The standard InChI is InChI=1S/C25H27F4N5O3/c1-12(16-8-17-20(9-18(16)25(27,28)29)32-13(2)33-22(17)35)31-21-19(26)7-14(10-30-21)23(36)34-6-5-15(11-34)24(3,4)37/h7-10,12,15,37H,5-6,11H2,1-4H3,(H,30,31)(H,32,33,35). The molecule has 2 aromatic heterocycles. The quantitative estimate of drug-likeness (QED) is 0.435. The van der Waals surface area contributed by atoms with Gasteiger partial charge in [-0.25, -0.2) is 14.4 Å². The Hall–Kier alpha value is -3.54. The van der Waals surface area contributed by atoms with Crippen molar-refractivity contribution in [3.05, 3.63) is 63.1 Å². The van der Waals surface area contributed by atoms with Gasteiger partial charge in [-0.3, -0.25) is 9.59 Å². The zero-order valence-corrected chi connectivity index (χ0v) is 20.7. The number of H-pyrrole nitrogens is 1. The fraction of sp³-hybridized carbons (Fsp3) is 0.440. The van der Waals surface area contributed by atoms with E-state index in [2.05, 4.69) is 20.3 Å². The number of nitrogens with zero attached hydrogens (tertiary/aromatic N) is 3. The van der Waals surface area contributed by atoms with Gasteiger partial charge in [0.05, 0.1) is 33.7 Å². The van der Waals surface area contributed by atoms with Crippen LogP contribution in [0.15, 0.2) is 29.2 Å². The van der Waals surface area contributed by atoms with E-state index in [1.54, 1.807) is 13.8 Å². The lowest BCUT2D eigenvalue weighted by molar-refractivity contribution is -0.138. The first-order chi connectivity index (χ1) is 17.1. The lowest BCUT2D eigenvalue weighted by Gasteiger charge is -2.25. The van der Waals surface area contributed by atoms with Gasteiger partial charge in [0.25, 0.3) is 11.5 Å². The number of hydrogen-bond donors (Lipinski definition) is 3. The number of rotatable bonds is 5. The van der Waals surface area contributed by atoms with Gasteiger partial charge in [-0.05, 0) is 57.9 Å². The Morgan fingerprint density at radius 1 is 1.27 bits per heavy atom. The first-order valence-corrected chi connectivity index (χ1v) is 11.7. The summed E-state index contributed by atoms with van der Waals surface area (Å²) in [6.45, 7) is 6.90. The van der Waals surface area contributed by atoms with E-state index in [0.717, 1.165) is 24.4 Å². The zero-order valence-electron chi connectivity index (χ0n) is 20.7. The predicted molar refractivity (Wildman–Crippen MR) is 129 cm³/mol. The number of hydrogen-bond acceptors (Lipinski definition) is 6. The van der Waals surface area contributed by atoms with E-state index in [-0.39, 0.29) is 39.6 Å². The van der Waals surface area contributed by atoms with Crippen molar-refractivity contribution < 1.29 is 27.5 Å². The van der Waals surface area contributed by atoms with E-state index >= 15 is 0 Å². The number of halogens is 4. The van der Waals surface area contributed by atoms with E-state index in [0.29, 0.717) is 19.5 Å². The second-order valence-electron chi connectivity index (χ2n) is 9.92. The number of alkyl halides is 3. The highest BCUT2D eigenvalue weighted by atomic mass is 19.4. The highest BCUT2D eigenvalue weighted by molar-refractivity contribution is 5.94. The minimum atomic E-state index is -4.75.